The monoisotopic (exact) mass is 294 g/mol. The number of carbonyl (C=O) groups is 1. The van der Waals surface area contributed by atoms with Gasteiger partial charge in [0.1, 0.15) is 0 Å². The molecule has 1 heterocycles. The summed E-state index contributed by atoms with van der Waals surface area (Å²) in [4.78, 5) is 14.7. The van der Waals surface area contributed by atoms with E-state index >= 15 is 0 Å². The molecule has 1 fully saturated rings. The first-order chi connectivity index (χ1) is 9.38. The first-order valence-electron chi connectivity index (χ1n) is 7.16. The molecule has 0 saturated carbocycles. The third kappa shape index (κ3) is 3.74. The van der Waals surface area contributed by atoms with Crippen LogP contribution in [0.15, 0.2) is 24.3 Å². The summed E-state index contributed by atoms with van der Waals surface area (Å²) in [5.41, 5.74) is 0.709. The van der Waals surface area contributed by atoms with Gasteiger partial charge in [-0.05, 0) is 31.0 Å². The molecule has 0 aromatic heterocycles. The van der Waals surface area contributed by atoms with Crippen molar-refractivity contribution in [3.8, 4) is 0 Å². The van der Waals surface area contributed by atoms with Gasteiger partial charge in [0.05, 0.1) is 0 Å². The van der Waals surface area contributed by atoms with Gasteiger partial charge in [-0.25, -0.2) is 0 Å². The van der Waals surface area contributed by atoms with E-state index in [1.807, 2.05) is 43.0 Å². The van der Waals surface area contributed by atoms with Gasteiger partial charge in [0.2, 0.25) is 5.91 Å². The smallest absolute Gasteiger partial charge is 0.228 e. The molecule has 1 unspecified atom stereocenters. The van der Waals surface area contributed by atoms with Gasteiger partial charge < -0.3 is 10.2 Å². The van der Waals surface area contributed by atoms with Crippen LogP contribution in [-0.4, -0.2) is 36.5 Å². The van der Waals surface area contributed by atoms with Crippen molar-refractivity contribution in [2.45, 2.75) is 33.2 Å². The first kappa shape index (κ1) is 15.3. The minimum absolute atomic E-state index is 0.228. The molecule has 1 atom stereocenters. The van der Waals surface area contributed by atoms with Crippen LogP contribution >= 0.6 is 11.6 Å². The molecule has 1 N–H and O–H groups in total. The highest BCUT2D eigenvalue weighted by molar-refractivity contribution is 6.30. The van der Waals surface area contributed by atoms with Crippen LogP contribution in [0.5, 0.6) is 0 Å². The molecule has 0 bridgehead atoms. The predicted octanol–water partition coefficient (Wildman–Crippen LogP) is 2.73. The lowest BCUT2D eigenvalue weighted by Gasteiger charge is -2.37. The Hall–Kier alpha value is -1.06. The van der Waals surface area contributed by atoms with E-state index in [4.69, 9.17) is 11.6 Å². The van der Waals surface area contributed by atoms with E-state index in [-0.39, 0.29) is 5.91 Å². The van der Waals surface area contributed by atoms with Crippen molar-refractivity contribution in [1.29, 1.82) is 0 Å². The molecule has 1 saturated heterocycles. The van der Waals surface area contributed by atoms with Gasteiger partial charge in [0.15, 0.2) is 0 Å². The maximum atomic E-state index is 12.7. The minimum atomic E-state index is -0.401. The topological polar surface area (TPSA) is 32.3 Å². The second-order valence-corrected chi connectivity index (χ2v) is 6.73. The Morgan fingerprint density at radius 3 is 2.90 bits per heavy atom. The fourth-order valence-corrected chi connectivity index (χ4v) is 2.99. The minimum Gasteiger partial charge on any atom is -0.339 e. The molecule has 0 spiro atoms. The maximum Gasteiger partial charge on any atom is 0.228 e. The molecule has 4 heteroatoms. The number of benzene rings is 1. The zero-order valence-corrected chi connectivity index (χ0v) is 13.2. The van der Waals surface area contributed by atoms with E-state index in [1.54, 1.807) is 0 Å². The van der Waals surface area contributed by atoms with E-state index in [0.717, 1.165) is 30.2 Å². The summed E-state index contributed by atoms with van der Waals surface area (Å²) < 4.78 is 0. The van der Waals surface area contributed by atoms with Crippen molar-refractivity contribution >= 4 is 17.5 Å². The van der Waals surface area contributed by atoms with Crippen molar-refractivity contribution in [2.24, 2.45) is 5.41 Å². The van der Waals surface area contributed by atoms with Crippen LogP contribution < -0.4 is 5.32 Å². The van der Waals surface area contributed by atoms with Crippen LogP contribution in [0.4, 0.5) is 0 Å². The zero-order chi connectivity index (χ0) is 14.8. The molecule has 1 aromatic carbocycles. The quantitative estimate of drug-likeness (QED) is 0.930. The highest BCUT2D eigenvalue weighted by Gasteiger charge is 2.33. The molecule has 1 amide bonds. The Morgan fingerprint density at radius 1 is 1.50 bits per heavy atom. The van der Waals surface area contributed by atoms with E-state index in [0.29, 0.717) is 12.5 Å². The summed E-state index contributed by atoms with van der Waals surface area (Å²) in [6, 6.07) is 8.14. The van der Waals surface area contributed by atoms with Crippen molar-refractivity contribution in [3.63, 3.8) is 0 Å². The number of nitrogens with one attached hydrogen (secondary N) is 1. The van der Waals surface area contributed by atoms with E-state index < -0.39 is 5.41 Å². The van der Waals surface area contributed by atoms with E-state index in [9.17, 15) is 4.79 Å². The van der Waals surface area contributed by atoms with Crippen molar-refractivity contribution in [3.05, 3.63) is 34.9 Å². The summed E-state index contributed by atoms with van der Waals surface area (Å²) in [6.07, 6.45) is 0.713. The Balaban J connectivity index is 2.07. The summed E-state index contributed by atoms with van der Waals surface area (Å²) in [7, 11) is 0. The lowest BCUT2D eigenvalue weighted by molar-refractivity contribution is -0.141. The SMILES string of the molecule is CC1CN(C(=O)C(C)(C)Cc2cccc(Cl)c2)CCN1. The number of piperazine rings is 1. The van der Waals surface area contributed by atoms with Gasteiger partial charge in [-0.1, -0.05) is 37.6 Å². The molecule has 0 radical (unpaired) electrons. The second-order valence-electron chi connectivity index (χ2n) is 6.30. The summed E-state index contributed by atoms with van der Waals surface area (Å²) in [6.45, 7) is 8.61. The van der Waals surface area contributed by atoms with E-state index in [1.165, 1.54) is 0 Å². The summed E-state index contributed by atoms with van der Waals surface area (Å²) in [5, 5.41) is 4.09. The number of hydrogen-bond donors (Lipinski definition) is 1. The molecule has 0 aliphatic carbocycles. The van der Waals surface area contributed by atoms with Crippen LogP contribution in [0, 0.1) is 5.41 Å². The predicted molar refractivity (Wildman–Crippen MR) is 83.0 cm³/mol. The third-order valence-electron chi connectivity index (χ3n) is 3.77. The molecule has 3 nitrogen and oxygen atoms in total. The fourth-order valence-electron chi connectivity index (χ4n) is 2.78. The third-order valence-corrected chi connectivity index (χ3v) is 4.01. The number of hydrogen-bond acceptors (Lipinski definition) is 2. The molecular formula is C16H23ClN2O. The molecule has 1 aliphatic heterocycles. The average Bonchev–Trinajstić information content (AvgIpc) is 2.37. The lowest BCUT2D eigenvalue weighted by atomic mass is 9.84. The molecular weight excluding hydrogens is 272 g/mol. The Kier molecular flexibility index (Phi) is 4.71. The fraction of sp³-hybridized carbons (Fsp3) is 0.562. The zero-order valence-electron chi connectivity index (χ0n) is 12.4. The van der Waals surface area contributed by atoms with Crippen LogP contribution in [0.3, 0.4) is 0 Å². The molecule has 20 heavy (non-hydrogen) atoms. The van der Waals surface area contributed by atoms with Gasteiger partial charge in [-0.3, -0.25) is 4.79 Å². The number of halogens is 1. The standard InChI is InChI=1S/C16H23ClN2O/c1-12-11-19(8-7-18-12)15(20)16(2,3)10-13-5-4-6-14(17)9-13/h4-6,9,12,18H,7-8,10-11H2,1-3H3. The highest BCUT2D eigenvalue weighted by Crippen LogP contribution is 2.26. The van der Waals surface area contributed by atoms with Crippen molar-refractivity contribution in [1.82, 2.24) is 10.2 Å². The van der Waals surface area contributed by atoms with Gasteiger partial charge in [-0.2, -0.15) is 0 Å². The highest BCUT2D eigenvalue weighted by atomic mass is 35.5. The average molecular weight is 295 g/mol. The number of nitrogens with zero attached hydrogens (tertiary/aromatic N) is 1. The van der Waals surface area contributed by atoms with Crippen molar-refractivity contribution in [2.75, 3.05) is 19.6 Å². The van der Waals surface area contributed by atoms with Crippen LogP contribution in [0.1, 0.15) is 26.3 Å². The van der Waals surface area contributed by atoms with Crippen LogP contribution in [0.25, 0.3) is 0 Å². The second kappa shape index (κ2) is 6.15. The molecule has 2 rings (SSSR count). The van der Waals surface area contributed by atoms with Gasteiger partial charge >= 0.3 is 0 Å². The maximum absolute atomic E-state index is 12.7. The van der Waals surface area contributed by atoms with Crippen molar-refractivity contribution < 1.29 is 4.79 Å². The number of carbonyl (C=O) groups excluding carboxylic acids is 1. The number of rotatable bonds is 3. The lowest BCUT2D eigenvalue weighted by Crippen LogP contribution is -2.54. The normalized spacial score (nSPS) is 20.0. The van der Waals surface area contributed by atoms with Crippen LogP contribution in [0.2, 0.25) is 5.02 Å². The summed E-state index contributed by atoms with van der Waals surface area (Å²) >= 11 is 6.02. The van der Waals surface area contributed by atoms with Gasteiger partial charge in [0, 0.05) is 36.1 Å². The Morgan fingerprint density at radius 2 is 2.25 bits per heavy atom. The largest absolute Gasteiger partial charge is 0.339 e. The number of amides is 1. The van der Waals surface area contributed by atoms with Gasteiger partial charge in [-0.15, -0.1) is 0 Å². The van der Waals surface area contributed by atoms with Crippen LogP contribution in [-0.2, 0) is 11.2 Å². The Labute approximate surface area is 126 Å². The molecule has 1 aliphatic rings. The Bertz CT molecular complexity index is 487. The molecule has 1 aromatic rings. The first-order valence-corrected chi connectivity index (χ1v) is 7.53. The van der Waals surface area contributed by atoms with E-state index in [2.05, 4.69) is 12.2 Å². The summed E-state index contributed by atoms with van der Waals surface area (Å²) in [5.74, 6) is 0.228. The molecule has 110 valence electrons. The van der Waals surface area contributed by atoms with Gasteiger partial charge in [0.25, 0.3) is 0 Å².